The van der Waals surface area contributed by atoms with Crippen LogP contribution in [0.1, 0.15) is 27.2 Å². The van der Waals surface area contributed by atoms with Gasteiger partial charge in [-0.2, -0.15) is 0 Å². The minimum Gasteiger partial charge on any atom is -0.366 e. The third-order valence-electron chi connectivity index (χ3n) is 4.04. The molecule has 5 heteroatoms. The Balaban J connectivity index is 1.52. The highest BCUT2D eigenvalue weighted by molar-refractivity contribution is 5.92. The van der Waals surface area contributed by atoms with Crippen LogP contribution in [0, 0.1) is 6.92 Å². The second kappa shape index (κ2) is 8.76. The number of benzene rings is 2. The first kappa shape index (κ1) is 17.6. The molecule has 2 aromatic carbocycles. The standard InChI is InChI=1S/C21H22N4O/c1-16-7-9-18(10-8-16)14-23-20-13-19(24-15-25-20)21(26)22-12-11-17-5-3-2-4-6-17/h2-10,13,15H,11-12,14H2,1H3,(H,22,26)(H,23,24,25). The smallest absolute Gasteiger partial charge is 0.270 e. The van der Waals surface area contributed by atoms with Crippen molar-refractivity contribution >= 4 is 11.7 Å². The van der Waals surface area contributed by atoms with E-state index < -0.39 is 0 Å². The van der Waals surface area contributed by atoms with Crippen LogP contribution in [0.15, 0.2) is 67.0 Å². The molecule has 26 heavy (non-hydrogen) atoms. The van der Waals surface area contributed by atoms with Gasteiger partial charge in [0.05, 0.1) is 0 Å². The van der Waals surface area contributed by atoms with Gasteiger partial charge in [-0.25, -0.2) is 9.97 Å². The number of anilines is 1. The van der Waals surface area contributed by atoms with Gasteiger partial charge in [-0.15, -0.1) is 0 Å². The predicted octanol–water partition coefficient (Wildman–Crippen LogP) is 3.37. The number of amides is 1. The molecule has 0 aliphatic carbocycles. The number of hydrogen-bond donors (Lipinski definition) is 2. The molecular weight excluding hydrogens is 324 g/mol. The molecule has 0 aliphatic heterocycles. The first-order valence-electron chi connectivity index (χ1n) is 8.64. The van der Waals surface area contributed by atoms with Gasteiger partial charge in [-0.3, -0.25) is 4.79 Å². The van der Waals surface area contributed by atoms with Crippen molar-refractivity contribution < 1.29 is 4.79 Å². The third-order valence-corrected chi connectivity index (χ3v) is 4.04. The van der Waals surface area contributed by atoms with Crippen molar-refractivity contribution in [3.63, 3.8) is 0 Å². The highest BCUT2D eigenvalue weighted by Gasteiger charge is 2.08. The molecule has 5 nitrogen and oxygen atoms in total. The summed E-state index contributed by atoms with van der Waals surface area (Å²) < 4.78 is 0. The number of aromatic nitrogens is 2. The Morgan fingerprint density at radius 3 is 2.50 bits per heavy atom. The van der Waals surface area contributed by atoms with Crippen molar-refractivity contribution in [1.29, 1.82) is 0 Å². The minimum absolute atomic E-state index is 0.193. The largest absolute Gasteiger partial charge is 0.366 e. The van der Waals surface area contributed by atoms with E-state index in [4.69, 9.17) is 0 Å². The molecule has 0 saturated heterocycles. The van der Waals surface area contributed by atoms with E-state index in [2.05, 4.69) is 51.8 Å². The SMILES string of the molecule is Cc1ccc(CNc2cc(C(=O)NCCc3ccccc3)ncn2)cc1. The Hall–Kier alpha value is -3.21. The summed E-state index contributed by atoms with van der Waals surface area (Å²) in [4.78, 5) is 20.5. The molecule has 1 heterocycles. The molecule has 3 aromatic rings. The van der Waals surface area contributed by atoms with Crippen LogP contribution < -0.4 is 10.6 Å². The quantitative estimate of drug-likeness (QED) is 0.688. The van der Waals surface area contributed by atoms with Gasteiger partial charge in [0.25, 0.3) is 5.91 Å². The molecule has 1 amide bonds. The molecule has 1 aromatic heterocycles. The summed E-state index contributed by atoms with van der Waals surface area (Å²) in [5.74, 6) is 0.440. The zero-order chi connectivity index (χ0) is 18.2. The van der Waals surface area contributed by atoms with Gasteiger partial charge >= 0.3 is 0 Å². The molecule has 0 atom stereocenters. The Morgan fingerprint density at radius 2 is 1.73 bits per heavy atom. The van der Waals surface area contributed by atoms with E-state index >= 15 is 0 Å². The summed E-state index contributed by atoms with van der Waals surface area (Å²) in [7, 11) is 0. The first-order chi connectivity index (χ1) is 12.7. The van der Waals surface area contributed by atoms with E-state index in [-0.39, 0.29) is 5.91 Å². The molecule has 0 radical (unpaired) electrons. The van der Waals surface area contributed by atoms with Gasteiger partial charge in [-0.05, 0) is 24.5 Å². The van der Waals surface area contributed by atoms with Gasteiger partial charge in [0.15, 0.2) is 0 Å². The first-order valence-corrected chi connectivity index (χ1v) is 8.64. The molecule has 0 aliphatic rings. The van der Waals surface area contributed by atoms with Gasteiger partial charge in [-0.1, -0.05) is 60.2 Å². The summed E-state index contributed by atoms with van der Waals surface area (Å²) in [5.41, 5.74) is 3.93. The van der Waals surface area contributed by atoms with Crippen LogP contribution in [0.2, 0.25) is 0 Å². The van der Waals surface area contributed by atoms with Gasteiger partial charge < -0.3 is 10.6 Å². The molecular formula is C21H22N4O. The summed E-state index contributed by atoms with van der Waals surface area (Å²) in [6.07, 6.45) is 2.19. The lowest BCUT2D eigenvalue weighted by Gasteiger charge is -2.08. The average Bonchev–Trinajstić information content (AvgIpc) is 2.68. The number of carbonyl (C=O) groups excluding carboxylic acids is 1. The van der Waals surface area contributed by atoms with E-state index in [9.17, 15) is 4.79 Å². The average molecular weight is 346 g/mol. The molecule has 0 fully saturated rings. The van der Waals surface area contributed by atoms with Crippen LogP contribution in [0.4, 0.5) is 5.82 Å². The monoisotopic (exact) mass is 346 g/mol. The second-order valence-electron chi connectivity index (χ2n) is 6.12. The van der Waals surface area contributed by atoms with E-state index in [0.717, 1.165) is 12.0 Å². The Kier molecular flexibility index (Phi) is 5.93. The van der Waals surface area contributed by atoms with Crippen LogP contribution in [-0.2, 0) is 13.0 Å². The zero-order valence-corrected chi connectivity index (χ0v) is 14.8. The van der Waals surface area contributed by atoms with Crippen molar-refractivity contribution in [1.82, 2.24) is 15.3 Å². The number of nitrogens with zero attached hydrogens (tertiary/aromatic N) is 2. The summed E-state index contributed by atoms with van der Waals surface area (Å²) in [5, 5.41) is 6.12. The van der Waals surface area contributed by atoms with E-state index in [1.54, 1.807) is 6.07 Å². The number of hydrogen-bond acceptors (Lipinski definition) is 4. The number of aryl methyl sites for hydroxylation is 1. The maximum Gasteiger partial charge on any atom is 0.270 e. The number of rotatable bonds is 7. The Labute approximate surface area is 153 Å². The molecule has 0 saturated carbocycles. The van der Waals surface area contributed by atoms with Crippen LogP contribution in [0.25, 0.3) is 0 Å². The maximum atomic E-state index is 12.3. The fraction of sp³-hybridized carbons (Fsp3) is 0.190. The highest BCUT2D eigenvalue weighted by Crippen LogP contribution is 2.08. The van der Waals surface area contributed by atoms with Gasteiger partial charge in [0.1, 0.15) is 17.8 Å². The number of carbonyl (C=O) groups is 1. The lowest BCUT2D eigenvalue weighted by Crippen LogP contribution is -2.26. The summed E-state index contributed by atoms with van der Waals surface area (Å²) >= 11 is 0. The number of nitrogens with one attached hydrogen (secondary N) is 2. The van der Waals surface area contributed by atoms with Crippen LogP contribution >= 0.6 is 0 Å². The molecule has 0 unspecified atom stereocenters. The van der Waals surface area contributed by atoms with E-state index in [1.165, 1.54) is 17.5 Å². The highest BCUT2D eigenvalue weighted by atomic mass is 16.1. The molecule has 3 rings (SSSR count). The maximum absolute atomic E-state index is 12.3. The molecule has 2 N–H and O–H groups in total. The topological polar surface area (TPSA) is 66.9 Å². The van der Waals surface area contributed by atoms with Gasteiger partial charge in [0.2, 0.25) is 0 Å². The van der Waals surface area contributed by atoms with Crippen molar-refractivity contribution in [3.8, 4) is 0 Å². The lowest BCUT2D eigenvalue weighted by molar-refractivity contribution is 0.0949. The summed E-state index contributed by atoms with van der Waals surface area (Å²) in [6, 6.07) is 20.0. The van der Waals surface area contributed by atoms with E-state index in [0.29, 0.717) is 24.6 Å². The Bertz CT molecular complexity index is 847. The van der Waals surface area contributed by atoms with E-state index in [1.807, 2.05) is 30.3 Å². The predicted molar refractivity (Wildman–Crippen MR) is 103 cm³/mol. The third kappa shape index (κ3) is 5.14. The normalized spacial score (nSPS) is 10.3. The van der Waals surface area contributed by atoms with Crippen LogP contribution in [-0.4, -0.2) is 22.4 Å². The van der Waals surface area contributed by atoms with Crippen molar-refractivity contribution in [2.75, 3.05) is 11.9 Å². The van der Waals surface area contributed by atoms with Crippen LogP contribution in [0.3, 0.4) is 0 Å². The second-order valence-corrected chi connectivity index (χ2v) is 6.12. The molecule has 0 bridgehead atoms. The fourth-order valence-corrected chi connectivity index (χ4v) is 2.53. The summed E-state index contributed by atoms with van der Waals surface area (Å²) in [6.45, 7) is 3.27. The fourth-order valence-electron chi connectivity index (χ4n) is 2.53. The van der Waals surface area contributed by atoms with Crippen LogP contribution in [0.5, 0.6) is 0 Å². The zero-order valence-electron chi connectivity index (χ0n) is 14.8. The lowest BCUT2D eigenvalue weighted by atomic mass is 10.1. The van der Waals surface area contributed by atoms with Crippen molar-refractivity contribution in [2.24, 2.45) is 0 Å². The molecule has 0 spiro atoms. The van der Waals surface area contributed by atoms with Crippen molar-refractivity contribution in [2.45, 2.75) is 19.9 Å². The van der Waals surface area contributed by atoms with Gasteiger partial charge in [0, 0.05) is 19.2 Å². The Morgan fingerprint density at radius 1 is 0.962 bits per heavy atom. The minimum atomic E-state index is -0.193. The van der Waals surface area contributed by atoms with Crippen molar-refractivity contribution in [3.05, 3.63) is 89.4 Å². The molecule has 132 valence electrons.